The number of piperidine rings is 1. The van der Waals surface area contributed by atoms with Crippen molar-refractivity contribution in [3.8, 4) is 0 Å². The van der Waals surface area contributed by atoms with E-state index in [2.05, 4.69) is 10.2 Å². The molecule has 1 N–H and O–H groups in total. The predicted molar refractivity (Wildman–Crippen MR) is 67.6 cm³/mol. The Labute approximate surface area is 108 Å². The number of rotatable bonds is 6. The number of nitrogens with zero attached hydrogens (tertiary/aromatic N) is 1. The van der Waals surface area contributed by atoms with E-state index in [0.717, 1.165) is 19.6 Å². The highest BCUT2D eigenvalue weighted by Gasteiger charge is 2.27. The maximum Gasteiger partial charge on any atom is 0.389 e. The Morgan fingerprint density at radius 2 is 1.89 bits per heavy atom. The van der Waals surface area contributed by atoms with E-state index in [9.17, 15) is 13.2 Å². The van der Waals surface area contributed by atoms with Crippen molar-refractivity contribution >= 4 is 0 Å². The second kappa shape index (κ2) is 7.34. The largest absolute Gasteiger partial charge is 0.389 e. The molecule has 0 aromatic heterocycles. The second-order valence-corrected chi connectivity index (χ2v) is 5.49. The summed E-state index contributed by atoms with van der Waals surface area (Å²) >= 11 is 0. The van der Waals surface area contributed by atoms with Gasteiger partial charge in [-0.3, -0.25) is 0 Å². The van der Waals surface area contributed by atoms with Crippen molar-refractivity contribution < 1.29 is 13.2 Å². The third-order valence-electron chi connectivity index (χ3n) is 3.84. The molecule has 2 nitrogen and oxygen atoms in total. The van der Waals surface area contributed by atoms with Crippen LogP contribution in [-0.4, -0.2) is 43.8 Å². The highest BCUT2D eigenvalue weighted by molar-refractivity contribution is 4.74. The molecule has 0 amide bonds. The summed E-state index contributed by atoms with van der Waals surface area (Å²) < 4.78 is 36.2. The van der Waals surface area contributed by atoms with Crippen molar-refractivity contribution in [2.24, 2.45) is 5.92 Å². The summed E-state index contributed by atoms with van der Waals surface area (Å²) in [7, 11) is 2.03. The van der Waals surface area contributed by atoms with Crippen LogP contribution in [0.1, 0.15) is 39.0 Å². The molecule has 108 valence electrons. The third kappa shape index (κ3) is 6.59. The Morgan fingerprint density at radius 3 is 2.44 bits per heavy atom. The average molecular weight is 266 g/mol. The molecule has 1 saturated heterocycles. The first-order valence-corrected chi connectivity index (χ1v) is 6.86. The Balaban J connectivity index is 2.17. The van der Waals surface area contributed by atoms with E-state index < -0.39 is 12.6 Å². The first kappa shape index (κ1) is 15.8. The van der Waals surface area contributed by atoms with Crippen LogP contribution in [0.4, 0.5) is 13.2 Å². The number of halogens is 3. The van der Waals surface area contributed by atoms with Crippen molar-refractivity contribution in [2.75, 3.05) is 26.7 Å². The third-order valence-corrected chi connectivity index (χ3v) is 3.84. The maximum absolute atomic E-state index is 12.1. The molecular formula is C13H25F3N2. The molecule has 1 rings (SSSR count). The molecule has 0 radical (unpaired) electrons. The van der Waals surface area contributed by atoms with Gasteiger partial charge in [0.05, 0.1) is 0 Å². The number of alkyl halides is 3. The van der Waals surface area contributed by atoms with Crippen LogP contribution < -0.4 is 5.32 Å². The van der Waals surface area contributed by atoms with E-state index in [4.69, 9.17) is 0 Å². The minimum absolute atomic E-state index is 0.237. The molecular weight excluding hydrogens is 241 g/mol. The summed E-state index contributed by atoms with van der Waals surface area (Å²) in [6.45, 7) is 5.17. The van der Waals surface area contributed by atoms with Gasteiger partial charge < -0.3 is 10.2 Å². The van der Waals surface area contributed by atoms with Gasteiger partial charge in [0.25, 0.3) is 0 Å². The predicted octanol–water partition coefficient (Wildman–Crippen LogP) is 3.04. The number of hydrogen-bond donors (Lipinski definition) is 1. The van der Waals surface area contributed by atoms with Gasteiger partial charge in [-0.1, -0.05) is 0 Å². The lowest BCUT2D eigenvalue weighted by Crippen LogP contribution is -2.38. The zero-order valence-electron chi connectivity index (χ0n) is 11.4. The smallest absolute Gasteiger partial charge is 0.317 e. The van der Waals surface area contributed by atoms with Gasteiger partial charge in [0.15, 0.2) is 0 Å². The van der Waals surface area contributed by atoms with E-state index in [1.54, 1.807) is 0 Å². The summed E-state index contributed by atoms with van der Waals surface area (Å²) in [6.07, 6.45) is -1.44. The first-order valence-electron chi connectivity index (χ1n) is 6.86. The van der Waals surface area contributed by atoms with Crippen LogP contribution in [-0.2, 0) is 0 Å². The quantitative estimate of drug-likeness (QED) is 0.795. The topological polar surface area (TPSA) is 15.3 Å². The molecule has 1 unspecified atom stereocenters. The fraction of sp³-hybridized carbons (Fsp3) is 1.00. The molecule has 18 heavy (non-hydrogen) atoms. The van der Waals surface area contributed by atoms with Crippen LogP contribution in [0.3, 0.4) is 0 Å². The number of hydrogen-bond acceptors (Lipinski definition) is 2. The zero-order valence-corrected chi connectivity index (χ0v) is 11.4. The van der Waals surface area contributed by atoms with Crippen molar-refractivity contribution in [1.29, 1.82) is 0 Å². The van der Waals surface area contributed by atoms with E-state index in [-0.39, 0.29) is 12.5 Å². The van der Waals surface area contributed by atoms with Gasteiger partial charge in [-0.15, -0.1) is 0 Å². The van der Waals surface area contributed by atoms with Crippen LogP contribution >= 0.6 is 0 Å². The van der Waals surface area contributed by atoms with Gasteiger partial charge in [0, 0.05) is 19.0 Å². The standard InChI is InChI=1S/C13H25F3N2/c1-11(4-3-7-13(14,15)16)18(2)10-12-5-8-17-9-6-12/h11-12,17H,3-10H2,1-2H3. The molecule has 0 aromatic rings. The Bertz CT molecular complexity index is 225. The Hall–Kier alpha value is -0.290. The Morgan fingerprint density at radius 1 is 1.28 bits per heavy atom. The summed E-state index contributed by atoms with van der Waals surface area (Å²) in [6, 6.07) is 0.238. The van der Waals surface area contributed by atoms with Crippen LogP contribution in [0.15, 0.2) is 0 Å². The molecule has 5 heteroatoms. The lowest BCUT2D eigenvalue weighted by atomic mass is 9.97. The molecule has 1 fully saturated rings. The van der Waals surface area contributed by atoms with Crippen molar-refractivity contribution in [3.63, 3.8) is 0 Å². The van der Waals surface area contributed by atoms with Gasteiger partial charge in [-0.05, 0) is 58.7 Å². The first-order chi connectivity index (χ1) is 8.38. The zero-order chi connectivity index (χ0) is 13.6. The van der Waals surface area contributed by atoms with Gasteiger partial charge in [0.2, 0.25) is 0 Å². The van der Waals surface area contributed by atoms with Crippen molar-refractivity contribution in [3.05, 3.63) is 0 Å². The SMILES string of the molecule is CC(CCCC(F)(F)F)N(C)CC1CCNCC1. The van der Waals surface area contributed by atoms with Crippen LogP contribution in [0, 0.1) is 5.92 Å². The summed E-state index contributed by atoms with van der Waals surface area (Å²) in [5.41, 5.74) is 0. The molecule has 1 heterocycles. The Kier molecular flexibility index (Phi) is 6.43. The molecule has 0 aliphatic carbocycles. The highest BCUT2D eigenvalue weighted by atomic mass is 19.4. The maximum atomic E-state index is 12.1. The number of nitrogens with one attached hydrogen (secondary N) is 1. The summed E-state index contributed by atoms with van der Waals surface area (Å²) in [5.74, 6) is 0.696. The lowest BCUT2D eigenvalue weighted by Gasteiger charge is -2.31. The lowest BCUT2D eigenvalue weighted by molar-refractivity contribution is -0.136. The minimum Gasteiger partial charge on any atom is -0.317 e. The van der Waals surface area contributed by atoms with E-state index in [1.807, 2.05) is 14.0 Å². The van der Waals surface area contributed by atoms with Gasteiger partial charge >= 0.3 is 6.18 Å². The molecule has 0 spiro atoms. The van der Waals surface area contributed by atoms with Gasteiger partial charge in [-0.2, -0.15) is 13.2 Å². The molecule has 0 saturated carbocycles. The highest BCUT2D eigenvalue weighted by Crippen LogP contribution is 2.23. The van der Waals surface area contributed by atoms with E-state index in [1.165, 1.54) is 12.8 Å². The summed E-state index contributed by atoms with van der Waals surface area (Å²) in [4.78, 5) is 2.21. The van der Waals surface area contributed by atoms with Crippen molar-refractivity contribution in [1.82, 2.24) is 10.2 Å². The molecule has 1 atom stereocenters. The molecule has 1 aliphatic heterocycles. The van der Waals surface area contributed by atoms with Gasteiger partial charge in [-0.25, -0.2) is 0 Å². The van der Waals surface area contributed by atoms with Crippen LogP contribution in [0.25, 0.3) is 0 Å². The fourth-order valence-electron chi connectivity index (χ4n) is 2.47. The molecule has 1 aliphatic rings. The van der Waals surface area contributed by atoms with E-state index >= 15 is 0 Å². The molecule has 0 aromatic carbocycles. The van der Waals surface area contributed by atoms with Crippen LogP contribution in [0.5, 0.6) is 0 Å². The second-order valence-electron chi connectivity index (χ2n) is 5.49. The molecule has 0 bridgehead atoms. The van der Waals surface area contributed by atoms with Crippen molar-refractivity contribution in [2.45, 2.75) is 51.2 Å². The minimum atomic E-state index is -4.01. The van der Waals surface area contributed by atoms with Crippen LogP contribution in [0.2, 0.25) is 0 Å². The fourth-order valence-corrected chi connectivity index (χ4v) is 2.47. The van der Waals surface area contributed by atoms with E-state index in [0.29, 0.717) is 12.3 Å². The summed E-state index contributed by atoms with van der Waals surface area (Å²) in [5, 5.41) is 3.32. The average Bonchev–Trinajstić information content (AvgIpc) is 2.28. The van der Waals surface area contributed by atoms with Gasteiger partial charge in [0.1, 0.15) is 0 Å². The monoisotopic (exact) mass is 266 g/mol. The normalized spacial score (nSPS) is 20.3.